The van der Waals surface area contributed by atoms with Gasteiger partial charge in [-0.1, -0.05) is 19.3 Å². The number of carbonyl (C=O) groups is 1. The van der Waals surface area contributed by atoms with Crippen molar-refractivity contribution in [2.75, 3.05) is 13.0 Å². The van der Waals surface area contributed by atoms with Gasteiger partial charge in [0.1, 0.15) is 0 Å². The van der Waals surface area contributed by atoms with E-state index < -0.39 is 22.9 Å². The number of esters is 1. The van der Waals surface area contributed by atoms with Crippen molar-refractivity contribution in [3.8, 4) is 0 Å². The van der Waals surface area contributed by atoms with Crippen molar-refractivity contribution in [2.45, 2.75) is 26.2 Å². The normalized spacial score (nSPS) is 14.0. The average molecular weight is 210 g/mol. The smallest absolute Gasteiger partial charge is 0.304 e. The van der Waals surface area contributed by atoms with Crippen LogP contribution in [0.5, 0.6) is 0 Å². The van der Waals surface area contributed by atoms with Gasteiger partial charge in [0.25, 0.3) is 10.1 Å². The van der Waals surface area contributed by atoms with Gasteiger partial charge in [0.05, 0.1) is 6.26 Å². The monoisotopic (exact) mass is 210 g/mol. The summed E-state index contributed by atoms with van der Waals surface area (Å²) in [6.07, 6.45) is 5.37. The Morgan fingerprint density at radius 1 is 1.31 bits per heavy atom. The molecule has 0 aromatic rings. The van der Waals surface area contributed by atoms with Crippen molar-refractivity contribution < 1.29 is 22.1 Å². The minimum atomic E-state index is -3.50. The summed E-state index contributed by atoms with van der Waals surface area (Å²) in [5.41, 5.74) is 0. The molecule has 1 aliphatic rings. The summed E-state index contributed by atoms with van der Waals surface area (Å²) in [6, 6.07) is 0. The molecule has 0 aliphatic heterocycles. The van der Waals surface area contributed by atoms with E-state index in [0.29, 0.717) is 0 Å². The van der Waals surface area contributed by atoms with Crippen molar-refractivity contribution in [2.24, 2.45) is 0 Å². The Morgan fingerprint density at radius 3 is 2.00 bits per heavy atom. The fourth-order valence-electron chi connectivity index (χ4n) is 0.194. The fourth-order valence-corrected chi connectivity index (χ4v) is 0.417. The van der Waals surface area contributed by atoms with E-state index in [1.54, 1.807) is 0 Å². The van der Waals surface area contributed by atoms with Gasteiger partial charge in [0.15, 0.2) is 0 Å². The molecule has 13 heavy (non-hydrogen) atoms. The Labute approximate surface area is 78.2 Å². The molecule has 6 heteroatoms. The molecule has 78 valence electrons. The Kier molecular flexibility index (Phi) is 5.65. The third-order valence-corrected chi connectivity index (χ3v) is 1.40. The van der Waals surface area contributed by atoms with E-state index >= 15 is 0 Å². The van der Waals surface area contributed by atoms with E-state index in [4.69, 9.17) is 0 Å². The summed E-state index contributed by atoms with van der Waals surface area (Å²) in [7, 11) is -3.50. The van der Waals surface area contributed by atoms with Gasteiger partial charge in [-0.15, -0.1) is 0 Å². The van der Waals surface area contributed by atoms with Crippen LogP contribution in [0.4, 0.5) is 0 Å². The van der Waals surface area contributed by atoms with Crippen LogP contribution in [0.25, 0.3) is 0 Å². The van der Waals surface area contributed by atoms with Crippen LogP contribution in [0.15, 0.2) is 0 Å². The van der Waals surface area contributed by atoms with Gasteiger partial charge in [-0.25, -0.2) is 4.18 Å². The lowest BCUT2D eigenvalue weighted by molar-refractivity contribution is -0.147. The summed E-state index contributed by atoms with van der Waals surface area (Å²) in [5, 5.41) is 0. The van der Waals surface area contributed by atoms with Crippen LogP contribution in [-0.2, 0) is 23.8 Å². The summed E-state index contributed by atoms with van der Waals surface area (Å²) < 4.78 is 28.6. The van der Waals surface area contributed by atoms with Gasteiger partial charge < -0.3 is 4.74 Å². The van der Waals surface area contributed by atoms with E-state index in [0.717, 1.165) is 13.2 Å². The van der Waals surface area contributed by atoms with Crippen LogP contribution in [0, 0.1) is 0 Å². The predicted octanol–water partition coefficient (Wildman–Crippen LogP) is 0.654. The lowest BCUT2D eigenvalue weighted by Gasteiger charge is -1.99. The molecule has 0 atom stereocenters. The fraction of sp³-hybridized carbons (Fsp3) is 0.857. The highest BCUT2D eigenvalue weighted by molar-refractivity contribution is 7.85. The highest BCUT2D eigenvalue weighted by Crippen LogP contribution is 2.14. The van der Waals surface area contributed by atoms with Gasteiger partial charge >= 0.3 is 5.97 Å². The minimum absolute atomic E-state index is 0.547. The third-order valence-electron chi connectivity index (χ3n) is 0.878. The van der Waals surface area contributed by atoms with E-state index in [9.17, 15) is 13.2 Å². The summed E-state index contributed by atoms with van der Waals surface area (Å²) in [4.78, 5) is 10.0. The predicted molar refractivity (Wildman–Crippen MR) is 46.4 cm³/mol. The SMILES string of the molecule is C1CC1.CC(=O)OCOS(C)(=O)=O. The second-order valence-corrected chi connectivity index (χ2v) is 4.28. The van der Waals surface area contributed by atoms with Gasteiger partial charge in [-0.3, -0.25) is 4.79 Å². The Bertz CT molecular complexity index is 239. The maximum absolute atomic E-state index is 10.2. The molecular weight excluding hydrogens is 196 g/mol. The molecule has 0 bridgehead atoms. The van der Waals surface area contributed by atoms with Gasteiger partial charge in [0.2, 0.25) is 6.79 Å². The molecule has 0 spiro atoms. The number of carbonyl (C=O) groups excluding carboxylic acids is 1. The van der Waals surface area contributed by atoms with Crippen LogP contribution >= 0.6 is 0 Å². The summed E-state index contributed by atoms with van der Waals surface area (Å²) in [5.74, 6) is -0.580. The van der Waals surface area contributed by atoms with Gasteiger partial charge in [-0.2, -0.15) is 8.42 Å². The first-order chi connectivity index (χ1) is 5.92. The summed E-state index contributed by atoms with van der Waals surface area (Å²) in [6.45, 7) is 0.611. The highest BCUT2D eigenvalue weighted by Gasteiger charge is 2.01. The molecule has 1 fully saturated rings. The quantitative estimate of drug-likeness (QED) is 0.388. The van der Waals surface area contributed by atoms with Gasteiger partial charge in [0, 0.05) is 6.92 Å². The largest absolute Gasteiger partial charge is 0.437 e. The van der Waals surface area contributed by atoms with Crippen molar-refractivity contribution in [3.63, 3.8) is 0 Å². The molecule has 0 heterocycles. The standard InChI is InChI=1S/C4H8O5S.C3H6/c1-4(5)8-3-9-10(2,6)7;1-2-3-1/h3H2,1-2H3;1-3H2. The molecule has 1 saturated carbocycles. The van der Waals surface area contributed by atoms with E-state index in [-0.39, 0.29) is 0 Å². The molecule has 0 radical (unpaired) electrons. The Balaban J connectivity index is 0.000000396. The zero-order valence-corrected chi connectivity index (χ0v) is 8.59. The number of hydrogen-bond acceptors (Lipinski definition) is 5. The first kappa shape index (κ1) is 12.4. The first-order valence-electron chi connectivity index (χ1n) is 3.89. The maximum Gasteiger partial charge on any atom is 0.304 e. The average Bonchev–Trinajstić information content (AvgIpc) is 2.65. The molecule has 1 aliphatic carbocycles. The maximum atomic E-state index is 10.2. The van der Waals surface area contributed by atoms with Crippen LogP contribution in [0.3, 0.4) is 0 Å². The number of ether oxygens (including phenoxy) is 1. The number of rotatable bonds is 3. The molecule has 0 aromatic carbocycles. The molecule has 0 unspecified atom stereocenters. The lowest BCUT2D eigenvalue weighted by Crippen LogP contribution is -2.09. The molecule has 1 rings (SSSR count). The third kappa shape index (κ3) is 18.4. The topological polar surface area (TPSA) is 69.7 Å². The molecule has 0 N–H and O–H groups in total. The van der Waals surface area contributed by atoms with Gasteiger partial charge in [-0.05, 0) is 0 Å². The van der Waals surface area contributed by atoms with Crippen LogP contribution < -0.4 is 0 Å². The number of hydrogen-bond donors (Lipinski definition) is 0. The van der Waals surface area contributed by atoms with Crippen LogP contribution in [0.1, 0.15) is 26.2 Å². The molecule has 0 aromatic heterocycles. The van der Waals surface area contributed by atoms with Crippen LogP contribution in [0.2, 0.25) is 0 Å². The second kappa shape index (κ2) is 5.93. The van der Waals surface area contributed by atoms with E-state index in [1.807, 2.05) is 0 Å². The Morgan fingerprint density at radius 2 is 1.77 bits per heavy atom. The molecular formula is C7H14O5S. The van der Waals surface area contributed by atoms with Crippen molar-refractivity contribution in [1.29, 1.82) is 0 Å². The lowest BCUT2D eigenvalue weighted by atomic mass is 10.8. The summed E-state index contributed by atoms with van der Waals surface area (Å²) >= 11 is 0. The minimum Gasteiger partial charge on any atom is -0.437 e. The second-order valence-electron chi connectivity index (χ2n) is 2.64. The van der Waals surface area contributed by atoms with E-state index in [1.165, 1.54) is 19.3 Å². The zero-order valence-electron chi connectivity index (χ0n) is 7.78. The molecule has 0 saturated heterocycles. The van der Waals surface area contributed by atoms with Crippen molar-refractivity contribution >= 4 is 16.1 Å². The zero-order chi connectivity index (χ0) is 10.3. The van der Waals surface area contributed by atoms with Crippen molar-refractivity contribution in [3.05, 3.63) is 0 Å². The Hall–Kier alpha value is -0.620. The van der Waals surface area contributed by atoms with Crippen molar-refractivity contribution in [1.82, 2.24) is 0 Å². The van der Waals surface area contributed by atoms with Crippen LogP contribution in [-0.4, -0.2) is 27.4 Å². The molecule has 5 nitrogen and oxygen atoms in total. The van der Waals surface area contributed by atoms with E-state index in [2.05, 4.69) is 8.92 Å². The molecule has 0 amide bonds. The first-order valence-corrected chi connectivity index (χ1v) is 5.71. The highest BCUT2D eigenvalue weighted by atomic mass is 32.2.